The second kappa shape index (κ2) is 13.8. The lowest BCUT2D eigenvalue weighted by Crippen LogP contribution is -2.46. The molecular formula is C52H36N6. The van der Waals surface area contributed by atoms with Crippen molar-refractivity contribution in [3.8, 4) is 34.0 Å². The van der Waals surface area contributed by atoms with Crippen molar-refractivity contribution in [1.29, 1.82) is 5.26 Å². The molecule has 6 nitrogen and oxygen atoms in total. The number of hydrogen-bond acceptors (Lipinski definition) is 4. The molecule has 1 aliphatic rings. The molecule has 8 aromatic carbocycles. The molecule has 0 bridgehead atoms. The first-order valence-corrected chi connectivity index (χ1v) is 19.6. The number of amidine groups is 1. The van der Waals surface area contributed by atoms with E-state index in [0.717, 1.165) is 61.4 Å². The lowest BCUT2D eigenvalue weighted by Gasteiger charge is -2.33. The Kier molecular flexibility index (Phi) is 7.99. The Bertz CT molecular complexity index is 3220. The van der Waals surface area contributed by atoms with Crippen molar-refractivity contribution < 1.29 is 0 Å². The van der Waals surface area contributed by atoms with Crippen LogP contribution in [0.3, 0.4) is 0 Å². The number of nitrogens with one attached hydrogen (secondary N) is 2. The maximum atomic E-state index is 9.36. The summed E-state index contributed by atoms with van der Waals surface area (Å²) in [5.41, 5.74) is 13.1. The number of nitrogens with zero attached hydrogens (tertiary/aromatic N) is 4. The highest BCUT2D eigenvalue weighted by Crippen LogP contribution is 2.38. The molecule has 1 aliphatic heterocycles. The van der Waals surface area contributed by atoms with Crippen molar-refractivity contribution in [1.82, 2.24) is 19.8 Å². The van der Waals surface area contributed by atoms with E-state index in [4.69, 9.17) is 4.99 Å². The van der Waals surface area contributed by atoms with Gasteiger partial charge in [0.15, 0.2) is 6.29 Å². The third-order valence-corrected chi connectivity index (χ3v) is 11.5. The molecule has 0 saturated heterocycles. The van der Waals surface area contributed by atoms with Gasteiger partial charge >= 0.3 is 0 Å². The third kappa shape index (κ3) is 5.64. The Balaban J connectivity index is 0.963. The van der Waals surface area contributed by atoms with Gasteiger partial charge in [0, 0.05) is 32.8 Å². The van der Waals surface area contributed by atoms with Crippen LogP contribution in [0.25, 0.3) is 71.6 Å². The van der Waals surface area contributed by atoms with Crippen molar-refractivity contribution in [3.05, 3.63) is 211 Å². The summed E-state index contributed by atoms with van der Waals surface area (Å²) in [6.07, 6.45) is -0.473. The van der Waals surface area contributed by atoms with E-state index in [1.54, 1.807) is 0 Å². The fourth-order valence-corrected chi connectivity index (χ4v) is 8.65. The third-order valence-electron chi connectivity index (χ3n) is 11.5. The molecule has 0 radical (unpaired) electrons. The maximum Gasteiger partial charge on any atom is 0.184 e. The quantitative estimate of drug-likeness (QED) is 0.178. The van der Waals surface area contributed by atoms with Crippen LogP contribution in [0.15, 0.2) is 199 Å². The van der Waals surface area contributed by atoms with Crippen LogP contribution in [0.5, 0.6) is 0 Å². The van der Waals surface area contributed by atoms with Gasteiger partial charge in [0.1, 0.15) is 12.0 Å². The first-order valence-electron chi connectivity index (χ1n) is 19.6. The van der Waals surface area contributed by atoms with Gasteiger partial charge < -0.3 is 14.5 Å². The molecular weight excluding hydrogens is 709 g/mol. The highest BCUT2D eigenvalue weighted by atomic mass is 15.4. The molecule has 0 aliphatic carbocycles. The fraction of sp³-hybridized carbons (Fsp3) is 0.0385. The molecule has 0 saturated carbocycles. The Morgan fingerprint density at radius 2 is 0.983 bits per heavy atom. The zero-order chi connectivity index (χ0) is 38.6. The first kappa shape index (κ1) is 33.6. The summed E-state index contributed by atoms with van der Waals surface area (Å²) in [5.74, 6) is 0.858. The predicted molar refractivity (Wildman–Crippen MR) is 237 cm³/mol. The van der Waals surface area contributed by atoms with E-state index in [-0.39, 0.29) is 12.5 Å². The standard InChI is InChI=1S/C52H36N6/c53-33-34-19-27-41(28-20-34)57-46-17-9-7-15-42(46)44-31-39(25-29-48(44)57)35-21-23-36(24-22-35)40-26-30-49-45(32-40)43-16-8-10-18-47(43)58(49)52-55-50(37-11-3-1-4-12-37)54-51(56-52)38-13-5-2-6-14-38/h1-32,50,52,55H,(H,54,56). The van der Waals surface area contributed by atoms with E-state index < -0.39 is 0 Å². The van der Waals surface area contributed by atoms with Crippen molar-refractivity contribution in [2.75, 3.05) is 0 Å². The smallest absolute Gasteiger partial charge is 0.184 e. The summed E-state index contributed by atoms with van der Waals surface area (Å²) in [6.45, 7) is 0. The zero-order valence-electron chi connectivity index (χ0n) is 31.4. The molecule has 11 rings (SSSR count). The molecule has 3 heterocycles. The zero-order valence-corrected chi connectivity index (χ0v) is 31.4. The number of aromatic nitrogens is 2. The van der Waals surface area contributed by atoms with Gasteiger partial charge in [-0.3, -0.25) is 5.32 Å². The normalized spacial score (nSPS) is 15.4. The van der Waals surface area contributed by atoms with Gasteiger partial charge in [0.2, 0.25) is 0 Å². The average Bonchev–Trinajstić information content (AvgIpc) is 3.82. The maximum absolute atomic E-state index is 9.36. The van der Waals surface area contributed by atoms with Crippen molar-refractivity contribution in [2.45, 2.75) is 12.5 Å². The van der Waals surface area contributed by atoms with Crippen molar-refractivity contribution in [3.63, 3.8) is 0 Å². The lowest BCUT2D eigenvalue weighted by molar-refractivity contribution is 0.341. The number of benzene rings is 8. The van der Waals surface area contributed by atoms with Crippen molar-refractivity contribution >= 4 is 49.4 Å². The molecule has 274 valence electrons. The molecule has 2 atom stereocenters. The monoisotopic (exact) mass is 744 g/mol. The van der Waals surface area contributed by atoms with E-state index in [1.807, 2.05) is 36.4 Å². The first-order chi connectivity index (χ1) is 28.7. The van der Waals surface area contributed by atoms with Crippen LogP contribution in [0.1, 0.15) is 29.1 Å². The fourth-order valence-electron chi connectivity index (χ4n) is 8.65. The largest absolute Gasteiger partial charge is 0.350 e. The van der Waals surface area contributed by atoms with E-state index in [1.165, 1.54) is 27.1 Å². The second-order valence-electron chi connectivity index (χ2n) is 14.8. The van der Waals surface area contributed by atoms with Gasteiger partial charge in [-0.05, 0) is 88.5 Å². The molecule has 2 aromatic heterocycles. The molecule has 10 aromatic rings. The van der Waals surface area contributed by atoms with Crippen LogP contribution < -0.4 is 10.6 Å². The number of hydrogen-bond donors (Lipinski definition) is 2. The van der Waals surface area contributed by atoms with E-state index in [9.17, 15) is 5.26 Å². The van der Waals surface area contributed by atoms with Gasteiger partial charge in [-0.25, -0.2) is 4.99 Å². The van der Waals surface area contributed by atoms with Crippen LogP contribution in [0.4, 0.5) is 0 Å². The van der Waals surface area contributed by atoms with Gasteiger partial charge in [-0.1, -0.05) is 133 Å². The number of para-hydroxylation sites is 2. The molecule has 0 amide bonds. The van der Waals surface area contributed by atoms with E-state index >= 15 is 0 Å². The number of aliphatic imine (C=N–C) groups is 1. The van der Waals surface area contributed by atoms with E-state index in [0.29, 0.717) is 5.56 Å². The Morgan fingerprint density at radius 3 is 1.66 bits per heavy atom. The Morgan fingerprint density at radius 1 is 0.466 bits per heavy atom. The molecule has 2 unspecified atom stereocenters. The summed E-state index contributed by atoms with van der Waals surface area (Å²) in [4.78, 5) is 5.29. The number of rotatable bonds is 6. The predicted octanol–water partition coefficient (Wildman–Crippen LogP) is 11.9. The minimum Gasteiger partial charge on any atom is -0.350 e. The summed E-state index contributed by atoms with van der Waals surface area (Å²) in [6, 6.07) is 70.5. The van der Waals surface area contributed by atoms with E-state index in [2.05, 4.69) is 184 Å². The van der Waals surface area contributed by atoms with Crippen LogP contribution in [0, 0.1) is 11.3 Å². The average molecular weight is 745 g/mol. The summed E-state index contributed by atoms with van der Waals surface area (Å²) >= 11 is 0. The molecule has 58 heavy (non-hydrogen) atoms. The molecule has 2 N–H and O–H groups in total. The molecule has 6 heteroatoms. The Hall–Kier alpha value is -7.72. The van der Waals surface area contributed by atoms with Crippen molar-refractivity contribution in [2.24, 2.45) is 4.99 Å². The summed E-state index contributed by atoms with van der Waals surface area (Å²) in [7, 11) is 0. The minimum atomic E-state index is -0.343. The van der Waals surface area contributed by atoms with Crippen LogP contribution in [-0.4, -0.2) is 15.0 Å². The highest BCUT2D eigenvalue weighted by Gasteiger charge is 2.28. The lowest BCUT2D eigenvalue weighted by atomic mass is 9.98. The van der Waals surface area contributed by atoms with Gasteiger partial charge in [-0.15, -0.1) is 0 Å². The molecule has 0 fully saturated rings. The number of fused-ring (bicyclic) bond motifs is 6. The number of nitriles is 1. The minimum absolute atomic E-state index is 0.130. The summed E-state index contributed by atoms with van der Waals surface area (Å²) < 4.78 is 4.62. The SMILES string of the molecule is N#Cc1ccc(-n2c3ccccc3c3cc(-c4ccc(-c5ccc6c(c5)c5ccccc5n6C5N=C(c6ccccc6)NC(c6ccccc6)N5)cc4)ccc32)cc1. The van der Waals surface area contributed by atoms with Gasteiger partial charge in [0.25, 0.3) is 0 Å². The van der Waals surface area contributed by atoms with Crippen LogP contribution in [0.2, 0.25) is 0 Å². The van der Waals surface area contributed by atoms with Crippen LogP contribution >= 0.6 is 0 Å². The Labute approximate surface area is 335 Å². The second-order valence-corrected chi connectivity index (χ2v) is 14.8. The highest BCUT2D eigenvalue weighted by molar-refractivity contribution is 6.11. The van der Waals surface area contributed by atoms with Gasteiger partial charge in [0.05, 0.1) is 33.7 Å². The van der Waals surface area contributed by atoms with Gasteiger partial charge in [-0.2, -0.15) is 5.26 Å². The van der Waals surface area contributed by atoms with Crippen LogP contribution in [-0.2, 0) is 0 Å². The topological polar surface area (TPSA) is 70.1 Å². The summed E-state index contributed by atoms with van der Waals surface area (Å²) in [5, 5.41) is 21.6. The molecule has 0 spiro atoms.